The van der Waals surface area contributed by atoms with Crippen LogP contribution in [0.25, 0.3) is 0 Å². The molecule has 1 atom stereocenters. The molecule has 0 spiro atoms. The molecule has 2 N–H and O–H groups in total. The molecule has 22 heavy (non-hydrogen) atoms. The van der Waals surface area contributed by atoms with Crippen molar-refractivity contribution >= 4 is 36.4 Å². The highest BCUT2D eigenvalue weighted by molar-refractivity contribution is 6.31. The van der Waals surface area contributed by atoms with Crippen LogP contribution in [0, 0.1) is 5.82 Å². The van der Waals surface area contributed by atoms with Crippen LogP contribution in [0.4, 0.5) is 4.39 Å². The van der Waals surface area contributed by atoms with E-state index in [1.54, 1.807) is 0 Å². The first-order valence-corrected chi connectivity index (χ1v) is 7.14. The third-order valence-electron chi connectivity index (χ3n) is 3.58. The van der Waals surface area contributed by atoms with Gasteiger partial charge in [0.05, 0.1) is 0 Å². The van der Waals surface area contributed by atoms with Crippen molar-refractivity contribution in [3.05, 3.63) is 40.7 Å². The Morgan fingerprint density at radius 1 is 1.41 bits per heavy atom. The number of halogens is 4. The normalized spacial score (nSPS) is 16.3. The molecular formula is C15H22Cl3FN2O. The second kappa shape index (κ2) is 9.58. The second-order valence-electron chi connectivity index (χ2n) is 5.25. The number of aromatic hydroxyl groups is 1. The van der Waals surface area contributed by atoms with Crippen LogP contribution in [-0.2, 0) is 0 Å². The number of phenolic OH excluding ortho intramolecular Hbond substituents is 1. The molecule has 1 aromatic carbocycles. The first kappa shape index (κ1) is 21.5. The van der Waals surface area contributed by atoms with E-state index < -0.39 is 5.82 Å². The minimum atomic E-state index is -0.633. The molecule has 0 amide bonds. The van der Waals surface area contributed by atoms with Crippen molar-refractivity contribution in [2.24, 2.45) is 0 Å². The molecule has 0 radical (unpaired) electrons. The van der Waals surface area contributed by atoms with Crippen LogP contribution in [0.3, 0.4) is 0 Å². The van der Waals surface area contributed by atoms with Crippen molar-refractivity contribution in [3.63, 3.8) is 0 Å². The summed E-state index contributed by atoms with van der Waals surface area (Å²) in [6.45, 7) is 9.29. The zero-order chi connectivity index (χ0) is 14.7. The molecule has 126 valence electrons. The third-order valence-corrected chi connectivity index (χ3v) is 3.91. The van der Waals surface area contributed by atoms with E-state index in [4.69, 9.17) is 11.6 Å². The fourth-order valence-corrected chi connectivity index (χ4v) is 2.89. The van der Waals surface area contributed by atoms with Crippen molar-refractivity contribution in [3.8, 4) is 5.75 Å². The summed E-state index contributed by atoms with van der Waals surface area (Å²) in [7, 11) is 0. The minimum Gasteiger partial charge on any atom is -0.505 e. The molecule has 1 aliphatic rings. The predicted octanol–water partition coefficient (Wildman–Crippen LogP) is 3.94. The van der Waals surface area contributed by atoms with Gasteiger partial charge in [-0.3, -0.25) is 4.90 Å². The lowest BCUT2D eigenvalue weighted by Gasteiger charge is -2.36. The first-order valence-electron chi connectivity index (χ1n) is 6.76. The van der Waals surface area contributed by atoms with Crippen LogP contribution >= 0.6 is 36.4 Å². The van der Waals surface area contributed by atoms with Gasteiger partial charge in [-0.25, -0.2) is 4.39 Å². The van der Waals surface area contributed by atoms with Gasteiger partial charge in [-0.2, -0.15) is 0 Å². The molecule has 1 aliphatic heterocycles. The van der Waals surface area contributed by atoms with Gasteiger partial charge in [-0.1, -0.05) is 17.2 Å². The van der Waals surface area contributed by atoms with Crippen LogP contribution in [0.2, 0.25) is 5.02 Å². The zero-order valence-corrected chi connectivity index (χ0v) is 14.8. The average molecular weight is 372 g/mol. The summed E-state index contributed by atoms with van der Waals surface area (Å²) in [5, 5.41) is 13.7. The molecule has 0 saturated carbocycles. The van der Waals surface area contributed by atoms with Crippen molar-refractivity contribution in [1.29, 1.82) is 0 Å². The summed E-state index contributed by atoms with van der Waals surface area (Å²) in [4.78, 5) is 2.21. The van der Waals surface area contributed by atoms with Crippen molar-refractivity contribution in [1.82, 2.24) is 10.2 Å². The van der Waals surface area contributed by atoms with Crippen LogP contribution in [0.5, 0.6) is 5.75 Å². The number of benzene rings is 1. The van der Waals surface area contributed by atoms with Crippen molar-refractivity contribution in [2.45, 2.75) is 19.4 Å². The SMILES string of the molecule is C=C(C)C[C@@H](c1c(Cl)ccc(F)c1O)N1CCNCC1.Cl.Cl. The minimum absolute atomic E-state index is 0. The molecule has 1 aromatic rings. The summed E-state index contributed by atoms with van der Waals surface area (Å²) >= 11 is 6.20. The van der Waals surface area contributed by atoms with E-state index in [0.29, 0.717) is 17.0 Å². The highest BCUT2D eigenvalue weighted by atomic mass is 35.5. The number of hydrogen-bond donors (Lipinski definition) is 2. The molecule has 2 rings (SSSR count). The van der Waals surface area contributed by atoms with E-state index in [-0.39, 0.29) is 36.6 Å². The van der Waals surface area contributed by atoms with Gasteiger partial charge in [0, 0.05) is 42.8 Å². The van der Waals surface area contributed by atoms with E-state index in [1.165, 1.54) is 12.1 Å². The summed E-state index contributed by atoms with van der Waals surface area (Å²) in [5.41, 5.74) is 1.45. The van der Waals surface area contributed by atoms with Gasteiger partial charge in [-0.05, 0) is 25.5 Å². The van der Waals surface area contributed by atoms with E-state index in [0.717, 1.165) is 31.8 Å². The van der Waals surface area contributed by atoms with Gasteiger partial charge < -0.3 is 10.4 Å². The highest BCUT2D eigenvalue weighted by Gasteiger charge is 2.27. The Labute approximate surface area is 148 Å². The summed E-state index contributed by atoms with van der Waals surface area (Å²) in [6.07, 6.45) is 0.650. The Bertz CT molecular complexity index is 508. The fourth-order valence-electron chi connectivity index (χ4n) is 2.61. The summed E-state index contributed by atoms with van der Waals surface area (Å²) in [6, 6.07) is 2.55. The van der Waals surface area contributed by atoms with E-state index in [2.05, 4.69) is 16.8 Å². The maximum absolute atomic E-state index is 13.7. The molecule has 0 bridgehead atoms. The molecule has 1 heterocycles. The topological polar surface area (TPSA) is 35.5 Å². The molecule has 7 heteroatoms. The van der Waals surface area contributed by atoms with E-state index in [1.807, 2.05) is 6.92 Å². The van der Waals surface area contributed by atoms with Crippen LogP contribution in [-0.4, -0.2) is 36.2 Å². The van der Waals surface area contributed by atoms with Crippen LogP contribution < -0.4 is 5.32 Å². The Morgan fingerprint density at radius 3 is 2.55 bits per heavy atom. The average Bonchev–Trinajstić information content (AvgIpc) is 2.43. The van der Waals surface area contributed by atoms with Gasteiger partial charge in [0.15, 0.2) is 11.6 Å². The maximum Gasteiger partial charge on any atom is 0.165 e. The third kappa shape index (κ3) is 5.00. The highest BCUT2D eigenvalue weighted by Crippen LogP contribution is 2.39. The molecule has 3 nitrogen and oxygen atoms in total. The summed E-state index contributed by atoms with van der Waals surface area (Å²) in [5.74, 6) is -0.978. The Balaban J connectivity index is 0.00000220. The molecule has 0 unspecified atom stereocenters. The van der Waals surface area contributed by atoms with Crippen molar-refractivity contribution in [2.75, 3.05) is 26.2 Å². The van der Waals surface area contributed by atoms with Gasteiger partial charge in [0.2, 0.25) is 0 Å². The van der Waals surface area contributed by atoms with E-state index >= 15 is 0 Å². The first-order chi connectivity index (χ1) is 9.50. The fraction of sp³-hybridized carbons (Fsp3) is 0.467. The van der Waals surface area contributed by atoms with Gasteiger partial charge in [0.1, 0.15) is 0 Å². The van der Waals surface area contributed by atoms with Gasteiger partial charge in [0.25, 0.3) is 0 Å². The zero-order valence-electron chi connectivity index (χ0n) is 12.4. The molecular weight excluding hydrogens is 350 g/mol. The largest absolute Gasteiger partial charge is 0.505 e. The quantitative estimate of drug-likeness (QED) is 0.787. The molecule has 0 aromatic heterocycles. The lowest BCUT2D eigenvalue weighted by Crippen LogP contribution is -2.45. The van der Waals surface area contributed by atoms with Crippen LogP contribution in [0.1, 0.15) is 24.9 Å². The maximum atomic E-state index is 13.7. The molecule has 0 aliphatic carbocycles. The number of hydrogen-bond acceptors (Lipinski definition) is 3. The number of phenols is 1. The lowest BCUT2D eigenvalue weighted by atomic mass is 9.96. The number of piperazine rings is 1. The van der Waals surface area contributed by atoms with Gasteiger partial charge in [-0.15, -0.1) is 31.4 Å². The Morgan fingerprint density at radius 2 is 2.00 bits per heavy atom. The molecule has 1 saturated heterocycles. The monoisotopic (exact) mass is 370 g/mol. The van der Waals surface area contributed by atoms with E-state index in [9.17, 15) is 9.50 Å². The van der Waals surface area contributed by atoms with Crippen molar-refractivity contribution < 1.29 is 9.50 Å². The van der Waals surface area contributed by atoms with Gasteiger partial charge >= 0.3 is 0 Å². The number of rotatable bonds is 4. The predicted molar refractivity (Wildman–Crippen MR) is 94.2 cm³/mol. The Hall–Kier alpha value is -0.520. The number of nitrogens with zero attached hydrogens (tertiary/aromatic N) is 1. The lowest BCUT2D eigenvalue weighted by molar-refractivity contribution is 0.169. The standard InChI is InChI=1S/C15H20ClFN2O.2ClH/c1-10(2)9-13(19-7-5-18-6-8-19)14-11(16)3-4-12(17)15(14)20;;/h3-4,13,18,20H,1,5-9H2,2H3;2*1H/t13-;;/m0../s1. The number of nitrogens with one attached hydrogen (secondary N) is 1. The second-order valence-corrected chi connectivity index (χ2v) is 5.66. The summed E-state index contributed by atoms with van der Waals surface area (Å²) < 4.78 is 13.7. The van der Waals surface area contributed by atoms with Crippen LogP contribution in [0.15, 0.2) is 24.3 Å². The smallest absolute Gasteiger partial charge is 0.165 e. The Kier molecular flexibility index (Phi) is 9.35. The molecule has 1 fully saturated rings.